The molecule has 1 amide bonds. The quantitative estimate of drug-likeness (QED) is 0.823. The van der Waals surface area contributed by atoms with E-state index in [0.717, 1.165) is 0 Å². The summed E-state index contributed by atoms with van der Waals surface area (Å²) in [6.07, 6.45) is -1.64. The van der Waals surface area contributed by atoms with Gasteiger partial charge in [-0.1, -0.05) is 17.3 Å². The highest BCUT2D eigenvalue weighted by Crippen LogP contribution is 2.28. The third kappa shape index (κ3) is 3.10. The lowest BCUT2D eigenvalue weighted by atomic mass is 10.1. The Balaban J connectivity index is 1.86. The van der Waals surface area contributed by atoms with E-state index >= 15 is 0 Å². The molecule has 1 fully saturated rings. The molecule has 0 radical (unpaired) electrons. The van der Waals surface area contributed by atoms with Crippen molar-refractivity contribution in [1.29, 1.82) is 0 Å². The zero-order valence-corrected chi connectivity index (χ0v) is 13.7. The fourth-order valence-corrected chi connectivity index (χ4v) is 2.89. The molecule has 1 N–H and O–H groups in total. The zero-order chi connectivity index (χ0) is 17.5. The summed E-state index contributed by atoms with van der Waals surface area (Å²) in [5.74, 6) is 0.794. The van der Waals surface area contributed by atoms with E-state index < -0.39 is 27.6 Å². The molecule has 128 valence electrons. The van der Waals surface area contributed by atoms with Gasteiger partial charge in [0, 0.05) is 18.2 Å². The first-order valence-electron chi connectivity index (χ1n) is 7.11. The van der Waals surface area contributed by atoms with Gasteiger partial charge in [-0.2, -0.15) is 13.4 Å². The van der Waals surface area contributed by atoms with E-state index in [4.69, 9.17) is 13.8 Å². The van der Waals surface area contributed by atoms with E-state index in [1.807, 2.05) is 0 Å². The summed E-state index contributed by atoms with van der Waals surface area (Å²) in [6, 6.07) is 6.82. The molecule has 1 aromatic heterocycles. The minimum absolute atomic E-state index is 0.00845. The first kappa shape index (κ1) is 16.4. The number of aromatic nitrogens is 2. The van der Waals surface area contributed by atoms with Crippen molar-refractivity contribution in [1.82, 2.24) is 10.1 Å². The van der Waals surface area contributed by atoms with Crippen LogP contribution in [0.4, 0.5) is 10.5 Å². The van der Waals surface area contributed by atoms with E-state index in [1.165, 1.54) is 11.8 Å². The Morgan fingerprint density at radius 3 is 2.79 bits per heavy atom. The van der Waals surface area contributed by atoms with Crippen molar-refractivity contribution in [2.75, 3.05) is 11.4 Å². The fourth-order valence-electron chi connectivity index (χ4n) is 2.36. The van der Waals surface area contributed by atoms with E-state index in [-0.39, 0.29) is 6.54 Å². The number of ether oxygens (including phenoxy) is 1. The molecule has 10 heteroatoms. The third-order valence-corrected chi connectivity index (χ3v) is 5.02. The van der Waals surface area contributed by atoms with Gasteiger partial charge < -0.3 is 9.26 Å². The SMILES string of the molecule is Cc1nc(-c2cccc(N3CC(C(C)S(=O)(=O)O)OC3=O)c2)no1. The predicted octanol–water partition coefficient (Wildman–Crippen LogP) is 1.65. The van der Waals surface area contributed by atoms with Gasteiger partial charge in [0.2, 0.25) is 11.7 Å². The van der Waals surface area contributed by atoms with Crippen molar-refractivity contribution >= 4 is 21.9 Å². The van der Waals surface area contributed by atoms with Crippen LogP contribution in [0.15, 0.2) is 28.8 Å². The standard InChI is InChI=1S/C14H15N3O6S/c1-8(24(19,20)21)12-7-17(14(18)22-12)11-5-3-4-10(6-11)13-15-9(2)23-16-13/h3-6,8,12H,7H2,1-2H3,(H,19,20,21). The van der Waals surface area contributed by atoms with E-state index in [0.29, 0.717) is 23.0 Å². The first-order valence-corrected chi connectivity index (χ1v) is 8.61. The van der Waals surface area contributed by atoms with Crippen LogP contribution in [0, 0.1) is 6.92 Å². The smallest absolute Gasteiger partial charge is 0.414 e. The molecular weight excluding hydrogens is 338 g/mol. The highest BCUT2D eigenvalue weighted by Gasteiger charge is 2.40. The van der Waals surface area contributed by atoms with Gasteiger partial charge in [-0.05, 0) is 19.1 Å². The number of carbonyl (C=O) groups is 1. The summed E-state index contributed by atoms with van der Waals surface area (Å²) in [5, 5.41) is 2.60. The predicted molar refractivity (Wildman–Crippen MR) is 83.1 cm³/mol. The van der Waals surface area contributed by atoms with Gasteiger partial charge in [-0.15, -0.1) is 0 Å². The molecule has 1 aliphatic heterocycles. The van der Waals surface area contributed by atoms with Crippen molar-refractivity contribution in [2.45, 2.75) is 25.2 Å². The number of amides is 1. The van der Waals surface area contributed by atoms with Crippen LogP contribution >= 0.6 is 0 Å². The molecular formula is C14H15N3O6S. The number of anilines is 1. The maximum absolute atomic E-state index is 12.0. The molecule has 9 nitrogen and oxygen atoms in total. The Morgan fingerprint density at radius 1 is 1.42 bits per heavy atom. The van der Waals surface area contributed by atoms with Crippen LogP contribution in [0.5, 0.6) is 0 Å². The van der Waals surface area contributed by atoms with Crippen molar-refractivity contribution in [3.8, 4) is 11.4 Å². The van der Waals surface area contributed by atoms with Crippen molar-refractivity contribution in [3.63, 3.8) is 0 Å². The second-order valence-corrected chi connectivity index (χ2v) is 7.21. The Labute approximate surface area is 138 Å². The molecule has 0 spiro atoms. The average molecular weight is 353 g/mol. The highest BCUT2D eigenvalue weighted by molar-refractivity contribution is 7.86. The third-order valence-electron chi connectivity index (χ3n) is 3.77. The van der Waals surface area contributed by atoms with Gasteiger partial charge in [0.25, 0.3) is 10.1 Å². The molecule has 2 unspecified atom stereocenters. The molecule has 2 heterocycles. The number of aryl methyl sites for hydroxylation is 1. The van der Waals surface area contributed by atoms with Crippen LogP contribution in [-0.2, 0) is 14.9 Å². The van der Waals surface area contributed by atoms with Gasteiger partial charge in [0.15, 0.2) is 0 Å². The molecule has 1 aromatic carbocycles. The maximum Gasteiger partial charge on any atom is 0.414 e. The molecule has 24 heavy (non-hydrogen) atoms. The number of carbonyl (C=O) groups excluding carboxylic acids is 1. The Hall–Kier alpha value is -2.46. The molecule has 3 rings (SSSR count). The minimum atomic E-state index is -4.30. The van der Waals surface area contributed by atoms with Crippen molar-refractivity contribution in [2.24, 2.45) is 0 Å². The summed E-state index contributed by atoms with van der Waals surface area (Å²) in [4.78, 5) is 17.5. The lowest BCUT2D eigenvalue weighted by molar-refractivity contribution is 0.139. The maximum atomic E-state index is 12.0. The largest absolute Gasteiger partial charge is 0.442 e. The van der Waals surface area contributed by atoms with Gasteiger partial charge in [0.1, 0.15) is 11.4 Å². The average Bonchev–Trinajstić information content (AvgIpc) is 3.12. The van der Waals surface area contributed by atoms with Crippen molar-refractivity contribution in [3.05, 3.63) is 30.2 Å². The molecule has 0 aliphatic carbocycles. The Kier molecular flexibility index (Phi) is 4.01. The normalized spacial score (nSPS) is 19.4. The van der Waals surface area contributed by atoms with Crippen LogP contribution in [0.2, 0.25) is 0 Å². The molecule has 0 saturated carbocycles. The first-order chi connectivity index (χ1) is 11.3. The van der Waals surface area contributed by atoms with Gasteiger partial charge in [-0.25, -0.2) is 4.79 Å². The second-order valence-electron chi connectivity index (χ2n) is 5.44. The number of nitrogens with zero attached hydrogens (tertiary/aromatic N) is 3. The summed E-state index contributed by atoms with van der Waals surface area (Å²) in [7, 11) is -4.30. The lowest BCUT2D eigenvalue weighted by Gasteiger charge is -2.15. The number of hydrogen-bond acceptors (Lipinski definition) is 7. The van der Waals surface area contributed by atoms with Gasteiger partial charge in [-0.3, -0.25) is 9.45 Å². The number of hydrogen-bond donors (Lipinski definition) is 1. The number of rotatable bonds is 4. The number of benzene rings is 1. The van der Waals surface area contributed by atoms with Crippen LogP contribution in [0.1, 0.15) is 12.8 Å². The minimum Gasteiger partial charge on any atom is -0.442 e. The fraction of sp³-hybridized carbons (Fsp3) is 0.357. The highest BCUT2D eigenvalue weighted by atomic mass is 32.2. The van der Waals surface area contributed by atoms with Crippen LogP contribution in [-0.4, -0.2) is 47.1 Å². The summed E-state index contributed by atoms with van der Waals surface area (Å²) < 4.78 is 41.6. The van der Waals surface area contributed by atoms with E-state index in [1.54, 1.807) is 31.2 Å². The Morgan fingerprint density at radius 2 is 2.17 bits per heavy atom. The van der Waals surface area contributed by atoms with Crippen LogP contribution < -0.4 is 4.90 Å². The van der Waals surface area contributed by atoms with Gasteiger partial charge >= 0.3 is 6.09 Å². The number of cyclic esters (lactones) is 1. The summed E-state index contributed by atoms with van der Waals surface area (Å²) in [5.41, 5.74) is 1.15. The molecule has 1 aliphatic rings. The van der Waals surface area contributed by atoms with Crippen LogP contribution in [0.3, 0.4) is 0 Å². The molecule has 2 atom stereocenters. The summed E-state index contributed by atoms with van der Waals surface area (Å²) >= 11 is 0. The lowest BCUT2D eigenvalue weighted by Crippen LogP contribution is -2.34. The second kappa shape index (κ2) is 5.87. The van der Waals surface area contributed by atoms with E-state index in [2.05, 4.69) is 10.1 Å². The summed E-state index contributed by atoms with van der Waals surface area (Å²) in [6.45, 7) is 2.96. The Bertz CT molecular complexity index is 878. The van der Waals surface area contributed by atoms with Crippen LogP contribution in [0.25, 0.3) is 11.4 Å². The van der Waals surface area contributed by atoms with Gasteiger partial charge in [0.05, 0.1) is 6.54 Å². The molecule has 1 saturated heterocycles. The monoisotopic (exact) mass is 353 g/mol. The van der Waals surface area contributed by atoms with Crippen molar-refractivity contribution < 1.29 is 27.0 Å². The topological polar surface area (TPSA) is 123 Å². The molecule has 0 bridgehead atoms. The van der Waals surface area contributed by atoms with E-state index in [9.17, 15) is 13.2 Å². The molecule has 2 aromatic rings. The zero-order valence-electron chi connectivity index (χ0n) is 12.9.